The molecule has 0 radical (unpaired) electrons. The van der Waals surface area contributed by atoms with Gasteiger partial charge in [0.15, 0.2) is 0 Å². The molecule has 8 heteroatoms. The Kier molecular flexibility index (Phi) is 5.61. The van der Waals surface area contributed by atoms with Crippen LogP contribution in [0.5, 0.6) is 5.75 Å². The van der Waals surface area contributed by atoms with Gasteiger partial charge in [0, 0.05) is 18.0 Å². The first-order valence-electron chi connectivity index (χ1n) is 9.52. The molecule has 4 rings (SSSR count). The lowest BCUT2D eigenvalue weighted by Gasteiger charge is -2.13. The highest BCUT2D eigenvalue weighted by Gasteiger charge is 2.10. The van der Waals surface area contributed by atoms with Crippen molar-refractivity contribution in [2.24, 2.45) is 0 Å². The average Bonchev–Trinajstić information content (AvgIpc) is 2.74. The number of nitrogens with one attached hydrogen (secondary N) is 2. The Balaban J connectivity index is 1.47. The minimum atomic E-state index is -0.500. The van der Waals surface area contributed by atoms with Crippen LogP contribution >= 0.6 is 0 Å². The number of benzene rings is 2. The molecule has 2 heterocycles. The topological polar surface area (TPSA) is 84.7 Å². The summed E-state index contributed by atoms with van der Waals surface area (Å²) in [6.07, 6.45) is 1.68. The number of para-hydroxylation sites is 2. The van der Waals surface area contributed by atoms with Crippen LogP contribution < -0.4 is 20.9 Å². The number of aromatic nitrogens is 2. The van der Waals surface area contributed by atoms with Crippen molar-refractivity contribution in [1.82, 2.24) is 9.38 Å². The highest BCUT2D eigenvalue weighted by atomic mass is 19.1. The largest absolute Gasteiger partial charge is 0.485 e. The van der Waals surface area contributed by atoms with Gasteiger partial charge >= 0.3 is 6.03 Å². The molecule has 2 N–H and O–H groups in total. The zero-order chi connectivity index (χ0) is 21.8. The molecule has 0 unspecified atom stereocenters. The third kappa shape index (κ3) is 4.87. The van der Waals surface area contributed by atoms with Gasteiger partial charge in [-0.15, -0.1) is 0 Å². The van der Waals surface area contributed by atoms with Crippen LogP contribution in [0.25, 0.3) is 5.65 Å². The maximum atomic E-state index is 13.0. The number of fused-ring (bicyclic) bond motifs is 1. The first-order valence-corrected chi connectivity index (χ1v) is 9.52. The minimum Gasteiger partial charge on any atom is -0.485 e. The number of hydrogen-bond acceptors (Lipinski definition) is 4. The SMILES string of the molecule is Cc1ccn2c(=O)cc(COc3ccccc3NC(=O)Nc3ccc(F)cc3)nc2c1. The zero-order valence-electron chi connectivity index (χ0n) is 16.6. The molecule has 0 aliphatic rings. The molecule has 0 bridgehead atoms. The number of ether oxygens (including phenoxy) is 1. The number of amides is 2. The standard InChI is InChI=1S/C23H19FN4O3/c1-15-10-11-28-21(12-15)25-18(13-22(28)29)14-31-20-5-3-2-4-19(20)27-23(30)26-17-8-6-16(24)7-9-17/h2-13H,14H2,1H3,(H2,26,27,30). The summed E-state index contributed by atoms with van der Waals surface area (Å²) in [5, 5.41) is 5.33. The van der Waals surface area contributed by atoms with Gasteiger partial charge in [-0.2, -0.15) is 0 Å². The van der Waals surface area contributed by atoms with Gasteiger partial charge in [0.1, 0.15) is 23.8 Å². The van der Waals surface area contributed by atoms with E-state index in [0.717, 1.165) is 5.56 Å². The number of halogens is 1. The van der Waals surface area contributed by atoms with Crippen molar-refractivity contribution in [2.75, 3.05) is 10.6 Å². The molecule has 0 atom stereocenters. The summed E-state index contributed by atoms with van der Waals surface area (Å²) in [6, 6.07) is 16.9. The van der Waals surface area contributed by atoms with Gasteiger partial charge in [-0.05, 0) is 61.0 Å². The van der Waals surface area contributed by atoms with E-state index in [1.54, 1.807) is 30.5 Å². The van der Waals surface area contributed by atoms with E-state index in [4.69, 9.17) is 4.74 Å². The molecule has 2 aromatic heterocycles. The first-order chi connectivity index (χ1) is 15.0. The molecule has 31 heavy (non-hydrogen) atoms. The molecule has 156 valence electrons. The number of anilines is 2. The van der Waals surface area contributed by atoms with Gasteiger partial charge in [0.25, 0.3) is 5.56 Å². The number of aryl methyl sites for hydroxylation is 1. The second-order valence-electron chi connectivity index (χ2n) is 6.89. The zero-order valence-corrected chi connectivity index (χ0v) is 16.6. The number of carbonyl (C=O) groups excluding carboxylic acids is 1. The van der Waals surface area contributed by atoms with Crippen LogP contribution in [0.15, 0.2) is 77.7 Å². The van der Waals surface area contributed by atoms with Crippen molar-refractivity contribution in [3.63, 3.8) is 0 Å². The third-order valence-corrected chi connectivity index (χ3v) is 4.49. The van der Waals surface area contributed by atoms with Gasteiger partial charge in [-0.3, -0.25) is 9.20 Å². The molecular weight excluding hydrogens is 399 g/mol. The lowest BCUT2D eigenvalue weighted by atomic mass is 10.3. The second kappa shape index (κ2) is 8.66. The molecule has 2 aromatic carbocycles. The molecule has 7 nitrogen and oxygen atoms in total. The van der Waals surface area contributed by atoms with Crippen molar-refractivity contribution in [3.05, 3.63) is 100 Å². The van der Waals surface area contributed by atoms with Crippen LogP contribution in [0.1, 0.15) is 11.3 Å². The maximum Gasteiger partial charge on any atom is 0.323 e. The smallest absolute Gasteiger partial charge is 0.323 e. The van der Waals surface area contributed by atoms with Crippen molar-refractivity contribution < 1.29 is 13.9 Å². The Hall–Kier alpha value is -4.20. The molecule has 0 saturated heterocycles. The summed E-state index contributed by atoms with van der Waals surface area (Å²) in [7, 11) is 0. The summed E-state index contributed by atoms with van der Waals surface area (Å²) in [6.45, 7) is 1.98. The fraction of sp³-hybridized carbons (Fsp3) is 0.0870. The maximum absolute atomic E-state index is 13.0. The monoisotopic (exact) mass is 418 g/mol. The molecule has 0 aliphatic carbocycles. The van der Waals surface area contributed by atoms with Crippen LogP contribution in [0.4, 0.5) is 20.6 Å². The number of pyridine rings is 1. The molecular formula is C23H19FN4O3. The molecule has 0 saturated carbocycles. The van der Waals surface area contributed by atoms with Crippen LogP contribution in [-0.2, 0) is 6.61 Å². The average molecular weight is 418 g/mol. The molecule has 2 amide bonds. The summed E-state index contributed by atoms with van der Waals surface area (Å²) in [5.41, 5.74) is 2.70. The normalized spacial score (nSPS) is 10.6. The second-order valence-corrected chi connectivity index (χ2v) is 6.89. The first kappa shape index (κ1) is 20.1. The van der Waals surface area contributed by atoms with Crippen LogP contribution in [0.3, 0.4) is 0 Å². The van der Waals surface area contributed by atoms with E-state index in [1.807, 2.05) is 19.1 Å². The lowest BCUT2D eigenvalue weighted by Crippen LogP contribution is -2.20. The highest BCUT2D eigenvalue weighted by Crippen LogP contribution is 2.25. The summed E-state index contributed by atoms with van der Waals surface area (Å²) < 4.78 is 20.3. The van der Waals surface area contributed by atoms with Gasteiger partial charge in [-0.25, -0.2) is 14.2 Å². The summed E-state index contributed by atoms with van der Waals surface area (Å²) >= 11 is 0. The van der Waals surface area contributed by atoms with E-state index in [0.29, 0.717) is 28.5 Å². The van der Waals surface area contributed by atoms with E-state index >= 15 is 0 Å². The van der Waals surface area contributed by atoms with Gasteiger partial charge in [0.2, 0.25) is 0 Å². The number of hydrogen-bond donors (Lipinski definition) is 2. The van der Waals surface area contributed by atoms with Gasteiger partial charge in [0.05, 0.1) is 11.4 Å². The molecule has 0 fully saturated rings. The van der Waals surface area contributed by atoms with Crippen molar-refractivity contribution in [2.45, 2.75) is 13.5 Å². The fourth-order valence-electron chi connectivity index (χ4n) is 2.99. The van der Waals surface area contributed by atoms with Crippen LogP contribution in [-0.4, -0.2) is 15.4 Å². The predicted octanol–water partition coefficient (Wildman–Crippen LogP) is 4.37. The van der Waals surface area contributed by atoms with Gasteiger partial charge < -0.3 is 15.4 Å². The fourth-order valence-corrected chi connectivity index (χ4v) is 2.99. The molecule has 0 aliphatic heterocycles. The number of carbonyl (C=O) groups is 1. The number of rotatable bonds is 5. The highest BCUT2D eigenvalue weighted by molar-refractivity contribution is 6.00. The van der Waals surface area contributed by atoms with E-state index < -0.39 is 6.03 Å². The quantitative estimate of drug-likeness (QED) is 0.504. The van der Waals surface area contributed by atoms with Crippen molar-refractivity contribution in [1.29, 1.82) is 0 Å². The Morgan fingerprint density at radius 1 is 1.06 bits per heavy atom. The third-order valence-electron chi connectivity index (χ3n) is 4.49. The lowest BCUT2D eigenvalue weighted by molar-refractivity contribution is 0.261. The Labute approximate surface area is 177 Å². The summed E-state index contributed by atoms with van der Waals surface area (Å²) in [4.78, 5) is 29.1. The Morgan fingerprint density at radius 3 is 2.65 bits per heavy atom. The summed E-state index contributed by atoms with van der Waals surface area (Å²) in [5.74, 6) is 0.0322. The van der Waals surface area contributed by atoms with Gasteiger partial charge in [-0.1, -0.05) is 12.1 Å². The predicted molar refractivity (Wildman–Crippen MR) is 116 cm³/mol. The Morgan fingerprint density at radius 2 is 1.84 bits per heavy atom. The van der Waals surface area contributed by atoms with Crippen LogP contribution in [0, 0.1) is 12.7 Å². The number of urea groups is 1. The number of nitrogens with zero attached hydrogens (tertiary/aromatic N) is 2. The van der Waals surface area contributed by atoms with E-state index in [2.05, 4.69) is 15.6 Å². The molecule has 4 aromatic rings. The Bertz CT molecular complexity index is 1300. The van der Waals surface area contributed by atoms with Crippen molar-refractivity contribution in [3.8, 4) is 5.75 Å². The minimum absolute atomic E-state index is 0.0535. The van der Waals surface area contributed by atoms with Crippen LogP contribution in [0.2, 0.25) is 0 Å². The van der Waals surface area contributed by atoms with E-state index in [-0.39, 0.29) is 18.0 Å². The van der Waals surface area contributed by atoms with Crippen molar-refractivity contribution >= 4 is 23.1 Å². The van der Waals surface area contributed by atoms with E-state index in [1.165, 1.54) is 34.7 Å². The van der Waals surface area contributed by atoms with E-state index in [9.17, 15) is 14.0 Å². The molecule has 0 spiro atoms.